The van der Waals surface area contributed by atoms with Gasteiger partial charge in [-0.05, 0) is 37.6 Å². The maximum Gasteiger partial charge on any atom is 0.264 e. The molecule has 0 radical (unpaired) electrons. The summed E-state index contributed by atoms with van der Waals surface area (Å²) in [5.41, 5.74) is 2.85. The summed E-state index contributed by atoms with van der Waals surface area (Å²) in [5, 5.41) is 0.652. The molecule has 0 unspecified atom stereocenters. The second-order valence-electron chi connectivity index (χ2n) is 5.98. The van der Waals surface area contributed by atoms with E-state index in [1.54, 1.807) is 24.0 Å². The van der Waals surface area contributed by atoms with Crippen LogP contribution in [-0.4, -0.2) is 26.9 Å². The molecule has 0 saturated heterocycles. The summed E-state index contributed by atoms with van der Waals surface area (Å²) in [6.07, 6.45) is 2.04. The van der Waals surface area contributed by atoms with E-state index in [1.165, 1.54) is 0 Å². The highest BCUT2D eigenvalue weighted by Crippen LogP contribution is 2.25. The molecule has 126 valence electrons. The Hall–Kier alpha value is -2.14. The number of ether oxygens (including phenoxy) is 1. The van der Waals surface area contributed by atoms with Crippen LogP contribution in [0.2, 0.25) is 5.02 Å². The summed E-state index contributed by atoms with van der Waals surface area (Å²) < 4.78 is 5.83. The molecule has 5 nitrogen and oxygen atoms in total. The molecule has 1 aliphatic rings. The third-order valence-electron chi connectivity index (χ3n) is 4.12. The summed E-state index contributed by atoms with van der Waals surface area (Å²) in [6, 6.07) is 5.37. The van der Waals surface area contributed by atoms with Crippen molar-refractivity contribution in [3.8, 4) is 5.75 Å². The monoisotopic (exact) mass is 345 g/mol. The average molecular weight is 346 g/mol. The fourth-order valence-corrected chi connectivity index (χ4v) is 2.99. The summed E-state index contributed by atoms with van der Waals surface area (Å²) in [5.74, 6) is 1.43. The van der Waals surface area contributed by atoms with Crippen LogP contribution in [0.4, 0.5) is 0 Å². The number of halogens is 1. The van der Waals surface area contributed by atoms with Gasteiger partial charge in [-0.25, -0.2) is 9.97 Å². The first kappa shape index (κ1) is 16.7. The van der Waals surface area contributed by atoms with Crippen LogP contribution >= 0.6 is 11.6 Å². The lowest BCUT2D eigenvalue weighted by Crippen LogP contribution is -2.37. The van der Waals surface area contributed by atoms with E-state index in [-0.39, 0.29) is 5.91 Å². The van der Waals surface area contributed by atoms with Gasteiger partial charge in [0.2, 0.25) is 0 Å². The maximum atomic E-state index is 12.7. The summed E-state index contributed by atoms with van der Waals surface area (Å²) in [4.78, 5) is 23.2. The van der Waals surface area contributed by atoms with E-state index in [0.717, 1.165) is 29.1 Å². The Morgan fingerprint density at radius 3 is 2.92 bits per heavy atom. The summed E-state index contributed by atoms with van der Waals surface area (Å²) >= 11 is 5.95. The Morgan fingerprint density at radius 2 is 2.21 bits per heavy atom. The number of hydrogen-bond donors (Lipinski definition) is 0. The van der Waals surface area contributed by atoms with Crippen LogP contribution < -0.4 is 4.74 Å². The average Bonchev–Trinajstić information content (AvgIpc) is 2.99. The van der Waals surface area contributed by atoms with Gasteiger partial charge in [-0.2, -0.15) is 0 Å². The molecule has 3 rings (SSSR count). The number of rotatable bonds is 4. The zero-order chi connectivity index (χ0) is 17.3. The van der Waals surface area contributed by atoms with Gasteiger partial charge in [0, 0.05) is 29.7 Å². The number of carbonyl (C=O) groups excluding carboxylic acids is 1. The largest absolute Gasteiger partial charge is 0.481 e. The number of hydrogen-bond acceptors (Lipinski definition) is 4. The number of amides is 1. The maximum absolute atomic E-state index is 12.7. The van der Waals surface area contributed by atoms with Crippen LogP contribution in [0.1, 0.15) is 36.5 Å². The number of aryl methyl sites for hydroxylation is 2. The number of aromatic nitrogens is 2. The van der Waals surface area contributed by atoms with E-state index in [2.05, 4.69) is 9.97 Å². The van der Waals surface area contributed by atoms with Crippen LogP contribution in [0, 0.1) is 6.92 Å². The van der Waals surface area contributed by atoms with Crippen molar-refractivity contribution in [2.75, 3.05) is 0 Å². The van der Waals surface area contributed by atoms with Gasteiger partial charge >= 0.3 is 0 Å². The van der Waals surface area contributed by atoms with Crippen molar-refractivity contribution in [1.29, 1.82) is 0 Å². The molecule has 0 saturated carbocycles. The van der Waals surface area contributed by atoms with Crippen LogP contribution in [-0.2, 0) is 24.3 Å². The number of nitrogens with zero attached hydrogens (tertiary/aromatic N) is 3. The Kier molecular flexibility index (Phi) is 4.71. The third-order valence-corrected chi connectivity index (χ3v) is 4.36. The first-order valence-electron chi connectivity index (χ1n) is 8.03. The Balaban J connectivity index is 1.68. The van der Waals surface area contributed by atoms with Crippen molar-refractivity contribution in [3.05, 3.63) is 52.1 Å². The lowest BCUT2D eigenvalue weighted by atomic mass is 10.2. The van der Waals surface area contributed by atoms with Gasteiger partial charge in [0.15, 0.2) is 6.10 Å². The predicted octanol–water partition coefficient (Wildman–Crippen LogP) is 3.31. The van der Waals surface area contributed by atoms with Gasteiger partial charge in [-0.1, -0.05) is 18.5 Å². The summed E-state index contributed by atoms with van der Waals surface area (Å²) in [7, 11) is 0. The second kappa shape index (κ2) is 6.77. The number of fused-ring (bicyclic) bond motifs is 1. The molecule has 1 aliphatic heterocycles. The minimum atomic E-state index is -0.571. The van der Waals surface area contributed by atoms with Crippen molar-refractivity contribution in [3.63, 3.8) is 0 Å². The van der Waals surface area contributed by atoms with E-state index in [1.807, 2.05) is 26.1 Å². The van der Waals surface area contributed by atoms with E-state index in [0.29, 0.717) is 23.9 Å². The van der Waals surface area contributed by atoms with E-state index < -0.39 is 6.10 Å². The zero-order valence-electron chi connectivity index (χ0n) is 14.0. The van der Waals surface area contributed by atoms with E-state index >= 15 is 0 Å². The van der Waals surface area contributed by atoms with Gasteiger partial charge in [-0.3, -0.25) is 4.79 Å². The molecule has 24 heavy (non-hydrogen) atoms. The Bertz CT molecular complexity index is 779. The molecule has 1 amide bonds. The SMILES string of the molecule is CCc1ncc2c(n1)CN(C(=O)[C@@H](C)Oc1ccc(Cl)cc1C)C2. The van der Waals surface area contributed by atoms with Gasteiger partial charge in [0.25, 0.3) is 5.91 Å². The molecule has 1 atom stereocenters. The molecule has 0 spiro atoms. The molecule has 0 aliphatic carbocycles. The normalized spacial score (nSPS) is 14.4. The highest BCUT2D eigenvalue weighted by Gasteiger charge is 2.29. The molecule has 2 aromatic rings. The molecule has 6 heteroatoms. The smallest absolute Gasteiger partial charge is 0.264 e. The lowest BCUT2D eigenvalue weighted by molar-refractivity contribution is -0.138. The van der Waals surface area contributed by atoms with Crippen molar-refractivity contribution >= 4 is 17.5 Å². The lowest BCUT2D eigenvalue weighted by Gasteiger charge is -2.21. The predicted molar refractivity (Wildman–Crippen MR) is 91.9 cm³/mol. The second-order valence-corrected chi connectivity index (χ2v) is 6.41. The first-order chi connectivity index (χ1) is 11.5. The summed E-state index contributed by atoms with van der Waals surface area (Å²) in [6.45, 7) is 6.74. The highest BCUT2D eigenvalue weighted by molar-refractivity contribution is 6.30. The van der Waals surface area contributed by atoms with E-state index in [4.69, 9.17) is 16.3 Å². The Morgan fingerprint density at radius 1 is 1.42 bits per heavy atom. The fraction of sp³-hybridized carbons (Fsp3) is 0.389. The molecule has 0 bridgehead atoms. The van der Waals surface area contributed by atoms with Gasteiger partial charge in [0.05, 0.1) is 12.2 Å². The Labute approximate surface area is 146 Å². The van der Waals surface area contributed by atoms with Crippen molar-refractivity contribution in [1.82, 2.24) is 14.9 Å². The van der Waals surface area contributed by atoms with Gasteiger partial charge in [0.1, 0.15) is 11.6 Å². The third kappa shape index (κ3) is 3.36. The number of carbonyl (C=O) groups is 1. The zero-order valence-corrected chi connectivity index (χ0v) is 14.8. The van der Waals surface area contributed by atoms with Gasteiger partial charge in [-0.15, -0.1) is 0 Å². The van der Waals surface area contributed by atoms with E-state index in [9.17, 15) is 4.79 Å². The van der Waals surface area contributed by atoms with Crippen LogP contribution in [0.3, 0.4) is 0 Å². The molecule has 0 N–H and O–H groups in total. The van der Waals surface area contributed by atoms with Crippen LogP contribution in [0.25, 0.3) is 0 Å². The highest BCUT2D eigenvalue weighted by atomic mass is 35.5. The minimum absolute atomic E-state index is 0.0552. The van der Waals surface area contributed by atoms with Crippen molar-refractivity contribution < 1.29 is 9.53 Å². The fourth-order valence-electron chi connectivity index (χ4n) is 2.76. The topological polar surface area (TPSA) is 55.3 Å². The molecule has 2 heterocycles. The number of benzene rings is 1. The minimum Gasteiger partial charge on any atom is -0.481 e. The van der Waals surface area contributed by atoms with Crippen molar-refractivity contribution in [2.24, 2.45) is 0 Å². The quantitative estimate of drug-likeness (QED) is 0.853. The molecule has 1 aromatic heterocycles. The standard InChI is InChI=1S/C18H20ClN3O2/c1-4-17-20-8-13-9-22(10-15(13)21-17)18(23)12(3)24-16-6-5-14(19)7-11(16)2/h5-8,12H,4,9-10H2,1-3H3/t12-/m1/s1. The van der Waals surface area contributed by atoms with Gasteiger partial charge < -0.3 is 9.64 Å². The first-order valence-corrected chi connectivity index (χ1v) is 8.41. The molecular weight excluding hydrogens is 326 g/mol. The molecular formula is C18H20ClN3O2. The van der Waals surface area contributed by atoms with Crippen molar-refractivity contribution in [2.45, 2.75) is 46.4 Å². The van der Waals surface area contributed by atoms with Crippen LogP contribution in [0.15, 0.2) is 24.4 Å². The molecule has 1 aromatic carbocycles. The molecule has 0 fully saturated rings. The van der Waals surface area contributed by atoms with Crippen LogP contribution in [0.5, 0.6) is 5.75 Å².